The Morgan fingerprint density at radius 1 is 1.46 bits per heavy atom. The molecule has 0 aromatic heterocycles. The molecule has 0 bridgehead atoms. The van der Waals surface area contributed by atoms with Gasteiger partial charge in [0.2, 0.25) is 0 Å². The highest BCUT2D eigenvalue weighted by Gasteiger charge is 2.29. The van der Waals surface area contributed by atoms with Crippen molar-refractivity contribution in [2.75, 3.05) is 13.6 Å². The van der Waals surface area contributed by atoms with Gasteiger partial charge in [-0.15, -0.1) is 0 Å². The van der Waals surface area contributed by atoms with Crippen molar-refractivity contribution >= 4 is 6.03 Å². The van der Waals surface area contributed by atoms with Crippen molar-refractivity contribution in [1.29, 1.82) is 0 Å². The molecular weight excluding hydrogens is 164 g/mol. The lowest BCUT2D eigenvalue weighted by Gasteiger charge is -2.22. The number of rotatable bonds is 2. The lowest BCUT2D eigenvalue weighted by molar-refractivity contribution is 0.201. The molecule has 0 aliphatic heterocycles. The molecule has 0 aromatic carbocycles. The van der Waals surface area contributed by atoms with Gasteiger partial charge in [-0.2, -0.15) is 0 Å². The highest BCUT2D eigenvalue weighted by molar-refractivity contribution is 5.74. The van der Waals surface area contributed by atoms with E-state index in [1.807, 2.05) is 11.9 Å². The van der Waals surface area contributed by atoms with Gasteiger partial charge in [0, 0.05) is 19.6 Å². The summed E-state index contributed by atoms with van der Waals surface area (Å²) in [5.41, 5.74) is 0.167. The fourth-order valence-corrected chi connectivity index (χ4v) is 1.09. The second-order valence-corrected chi connectivity index (χ2v) is 5.06. The molecule has 3 nitrogen and oxygen atoms in total. The van der Waals surface area contributed by atoms with Crippen molar-refractivity contribution in [3.05, 3.63) is 0 Å². The zero-order valence-electron chi connectivity index (χ0n) is 9.05. The van der Waals surface area contributed by atoms with Gasteiger partial charge in [-0.05, 0) is 18.3 Å². The maximum Gasteiger partial charge on any atom is 0.317 e. The number of urea groups is 1. The molecule has 0 heterocycles. The van der Waals surface area contributed by atoms with E-state index >= 15 is 0 Å². The maximum absolute atomic E-state index is 11.5. The first-order valence-corrected chi connectivity index (χ1v) is 4.91. The van der Waals surface area contributed by atoms with Crippen LogP contribution in [0.25, 0.3) is 0 Å². The van der Waals surface area contributed by atoms with Crippen LogP contribution in [-0.2, 0) is 0 Å². The van der Waals surface area contributed by atoms with Crippen LogP contribution >= 0.6 is 0 Å². The molecule has 3 heteroatoms. The van der Waals surface area contributed by atoms with Crippen LogP contribution in [0.1, 0.15) is 33.6 Å². The van der Waals surface area contributed by atoms with Crippen LogP contribution in [0.15, 0.2) is 0 Å². The standard InChI is InChI=1S/C10H20N2O/c1-10(2,3)7-11-9(13)12(4)8-5-6-8/h8H,5-7H2,1-4H3,(H,11,13). The van der Waals surface area contributed by atoms with Crippen LogP contribution in [0.3, 0.4) is 0 Å². The van der Waals surface area contributed by atoms with Crippen LogP contribution in [0, 0.1) is 5.41 Å². The first-order valence-electron chi connectivity index (χ1n) is 4.91. The first-order chi connectivity index (χ1) is 5.90. The molecule has 0 saturated heterocycles. The van der Waals surface area contributed by atoms with E-state index in [9.17, 15) is 4.79 Å². The van der Waals surface area contributed by atoms with Crippen molar-refractivity contribution in [2.45, 2.75) is 39.7 Å². The summed E-state index contributed by atoms with van der Waals surface area (Å²) < 4.78 is 0. The zero-order valence-corrected chi connectivity index (χ0v) is 9.05. The van der Waals surface area contributed by atoms with Crippen molar-refractivity contribution in [1.82, 2.24) is 10.2 Å². The predicted molar refractivity (Wildman–Crippen MR) is 53.6 cm³/mol. The lowest BCUT2D eigenvalue weighted by Crippen LogP contribution is -2.42. The Bertz CT molecular complexity index is 192. The number of carbonyl (C=O) groups is 1. The van der Waals surface area contributed by atoms with E-state index < -0.39 is 0 Å². The number of hydrogen-bond acceptors (Lipinski definition) is 1. The topological polar surface area (TPSA) is 32.3 Å². The predicted octanol–water partition coefficient (Wildman–Crippen LogP) is 1.84. The minimum atomic E-state index is 0.0671. The fraction of sp³-hybridized carbons (Fsp3) is 0.900. The van der Waals surface area contributed by atoms with E-state index in [4.69, 9.17) is 0 Å². The minimum Gasteiger partial charge on any atom is -0.337 e. The molecule has 76 valence electrons. The summed E-state index contributed by atoms with van der Waals surface area (Å²) in [6.07, 6.45) is 2.33. The number of carbonyl (C=O) groups excluding carboxylic acids is 1. The normalized spacial score (nSPS) is 16.9. The van der Waals surface area contributed by atoms with Crippen LogP contribution in [0.4, 0.5) is 4.79 Å². The SMILES string of the molecule is CN(C(=O)NCC(C)(C)C)C1CC1. The minimum absolute atomic E-state index is 0.0671. The molecule has 1 fully saturated rings. The van der Waals surface area contributed by atoms with Gasteiger partial charge < -0.3 is 10.2 Å². The van der Waals surface area contributed by atoms with E-state index in [0.717, 1.165) is 6.54 Å². The van der Waals surface area contributed by atoms with Gasteiger partial charge in [0.1, 0.15) is 0 Å². The van der Waals surface area contributed by atoms with Gasteiger partial charge in [0.25, 0.3) is 0 Å². The molecule has 1 saturated carbocycles. The summed E-state index contributed by atoms with van der Waals surface area (Å²) in [6, 6.07) is 0.567. The van der Waals surface area contributed by atoms with Gasteiger partial charge in [-0.3, -0.25) is 0 Å². The third kappa shape index (κ3) is 3.66. The molecule has 1 aliphatic carbocycles. The Labute approximate surface area is 80.5 Å². The Balaban J connectivity index is 2.24. The molecule has 1 N–H and O–H groups in total. The number of nitrogens with zero attached hydrogens (tertiary/aromatic N) is 1. The van der Waals surface area contributed by atoms with Gasteiger partial charge >= 0.3 is 6.03 Å². The Hall–Kier alpha value is -0.730. The highest BCUT2D eigenvalue weighted by atomic mass is 16.2. The third-order valence-corrected chi connectivity index (χ3v) is 2.18. The monoisotopic (exact) mass is 184 g/mol. The first kappa shape index (κ1) is 10.4. The van der Waals surface area contributed by atoms with Gasteiger partial charge in [0.15, 0.2) is 0 Å². The molecule has 13 heavy (non-hydrogen) atoms. The van der Waals surface area contributed by atoms with Crippen LogP contribution in [-0.4, -0.2) is 30.6 Å². The van der Waals surface area contributed by atoms with E-state index in [1.165, 1.54) is 12.8 Å². The van der Waals surface area contributed by atoms with Crippen molar-refractivity contribution in [2.24, 2.45) is 5.41 Å². The summed E-state index contributed by atoms with van der Waals surface area (Å²) in [4.78, 5) is 13.3. The van der Waals surface area contributed by atoms with Crippen LogP contribution in [0.5, 0.6) is 0 Å². The maximum atomic E-state index is 11.5. The molecular formula is C10H20N2O. The average Bonchev–Trinajstić information content (AvgIpc) is 2.79. The highest BCUT2D eigenvalue weighted by Crippen LogP contribution is 2.25. The average molecular weight is 184 g/mol. The van der Waals surface area contributed by atoms with E-state index in [-0.39, 0.29) is 11.4 Å². The molecule has 1 rings (SSSR count). The second-order valence-electron chi connectivity index (χ2n) is 5.06. The number of nitrogens with one attached hydrogen (secondary N) is 1. The summed E-state index contributed by atoms with van der Waals surface area (Å²) in [7, 11) is 1.87. The lowest BCUT2D eigenvalue weighted by atomic mass is 9.97. The largest absolute Gasteiger partial charge is 0.337 e. The van der Waals surface area contributed by atoms with Gasteiger partial charge in [-0.25, -0.2) is 4.79 Å². The number of hydrogen-bond donors (Lipinski definition) is 1. The number of amides is 2. The molecule has 0 unspecified atom stereocenters. The molecule has 2 amide bonds. The summed E-state index contributed by atoms with van der Waals surface area (Å²) >= 11 is 0. The molecule has 0 radical (unpaired) electrons. The quantitative estimate of drug-likeness (QED) is 0.697. The zero-order chi connectivity index (χ0) is 10.1. The fourth-order valence-electron chi connectivity index (χ4n) is 1.09. The Morgan fingerprint density at radius 2 is 2.00 bits per heavy atom. The second kappa shape index (κ2) is 3.56. The molecule has 0 spiro atoms. The molecule has 0 atom stereocenters. The van der Waals surface area contributed by atoms with Crippen LogP contribution < -0.4 is 5.32 Å². The summed E-state index contributed by atoms with van der Waals surface area (Å²) in [5.74, 6) is 0. The van der Waals surface area contributed by atoms with E-state index in [1.54, 1.807) is 0 Å². The van der Waals surface area contributed by atoms with Crippen molar-refractivity contribution in [3.63, 3.8) is 0 Å². The van der Waals surface area contributed by atoms with E-state index in [2.05, 4.69) is 26.1 Å². The Kier molecular flexibility index (Phi) is 2.84. The third-order valence-electron chi connectivity index (χ3n) is 2.18. The molecule has 1 aliphatic rings. The van der Waals surface area contributed by atoms with E-state index in [0.29, 0.717) is 6.04 Å². The van der Waals surface area contributed by atoms with Crippen molar-refractivity contribution < 1.29 is 4.79 Å². The molecule has 0 aromatic rings. The van der Waals surface area contributed by atoms with Gasteiger partial charge in [-0.1, -0.05) is 20.8 Å². The summed E-state index contributed by atoms with van der Waals surface area (Å²) in [6.45, 7) is 7.09. The smallest absolute Gasteiger partial charge is 0.317 e. The van der Waals surface area contributed by atoms with Gasteiger partial charge in [0.05, 0.1) is 0 Å². The summed E-state index contributed by atoms with van der Waals surface area (Å²) in [5, 5.41) is 2.93. The van der Waals surface area contributed by atoms with Crippen molar-refractivity contribution in [3.8, 4) is 0 Å². The Morgan fingerprint density at radius 3 is 2.38 bits per heavy atom. The van der Waals surface area contributed by atoms with Crippen LogP contribution in [0.2, 0.25) is 0 Å².